The number of nitrogens with one attached hydrogen (secondary N) is 1. The SMILES string of the molecule is Cc1ccc(S(=O)(=O)NCC(C(C)C)N2CCOCC2)c(Br)c1. The van der Waals surface area contributed by atoms with Crippen LogP contribution in [0.1, 0.15) is 19.4 Å². The monoisotopic (exact) mass is 404 g/mol. The van der Waals surface area contributed by atoms with E-state index in [-0.39, 0.29) is 10.9 Å². The zero-order valence-electron chi connectivity index (χ0n) is 13.9. The van der Waals surface area contributed by atoms with Gasteiger partial charge in [-0.05, 0) is 46.5 Å². The van der Waals surface area contributed by atoms with Crippen molar-refractivity contribution < 1.29 is 13.2 Å². The molecule has 0 radical (unpaired) electrons. The lowest BCUT2D eigenvalue weighted by atomic mass is 10.0. The molecule has 1 aromatic carbocycles. The zero-order chi connectivity index (χ0) is 17.0. The number of benzene rings is 1. The first kappa shape index (κ1) is 18.9. The molecule has 2 rings (SSSR count). The van der Waals surface area contributed by atoms with Crippen LogP contribution in [0.3, 0.4) is 0 Å². The molecule has 1 unspecified atom stereocenters. The van der Waals surface area contributed by atoms with E-state index < -0.39 is 10.0 Å². The average molecular weight is 405 g/mol. The van der Waals surface area contributed by atoms with Gasteiger partial charge in [-0.3, -0.25) is 4.90 Å². The highest BCUT2D eigenvalue weighted by Gasteiger charge is 2.26. The van der Waals surface area contributed by atoms with Crippen molar-refractivity contribution in [2.24, 2.45) is 5.92 Å². The molecule has 5 nitrogen and oxygen atoms in total. The number of aryl methyl sites for hydroxylation is 1. The summed E-state index contributed by atoms with van der Waals surface area (Å²) in [5.41, 5.74) is 1.02. The topological polar surface area (TPSA) is 58.6 Å². The lowest BCUT2D eigenvalue weighted by molar-refractivity contribution is 0.00776. The fourth-order valence-electron chi connectivity index (χ4n) is 2.79. The summed E-state index contributed by atoms with van der Waals surface area (Å²) in [6, 6.07) is 5.43. The molecule has 0 aliphatic carbocycles. The summed E-state index contributed by atoms with van der Waals surface area (Å²) < 4.78 is 33.9. The molecular weight excluding hydrogens is 380 g/mol. The van der Waals surface area contributed by atoms with E-state index >= 15 is 0 Å². The summed E-state index contributed by atoms with van der Waals surface area (Å²) >= 11 is 3.35. The summed E-state index contributed by atoms with van der Waals surface area (Å²) in [5, 5.41) is 0. The summed E-state index contributed by atoms with van der Waals surface area (Å²) in [5.74, 6) is 0.359. The van der Waals surface area contributed by atoms with Crippen molar-refractivity contribution in [3.05, 3.63) is 28.2 Å². The van der Waals surface area contributed by atoms with Gasteiger partial charge in [0.1, 0.15) is 0 Å². The van der Waals surface area contributed by atoms with Crippen molar-refractivity contribution in [2.75, 3.05) is 32.8 Å². The van der Waals surface area contributed by atoms with Gasteiger partial charge in [0.2, 0.25) is 10.0 Å². The zero-order valence-corrected chi connectivity index (χ0v) is 16.3. The maximum absolute atomic E-state index is 12.6. The van der Waals surface area contributed by atoms with Gasteiger partial charge in [-0.1, -0.05) is 19.9 Å². The molecule has 1 aliphatic rings. The molecule has 1 aliphatic heterocycles. The molecule has 1 fully saturated rings. The van der Waals surface area contributed by atoms with E-state index in [1.54, 1.807) is 12.1 Å². The van der Waals surface area contributed by atoms with E-state index in [1.165, 1.54) is 0 Å². The Morgan fingerprint density at radius 3 is 2.52 bits per heavy atom. The van der Waals surface area contributed by atoms with Gasteiger partial charge in [0.25, 0.3) is 0 Å². The highest BCUT2D eigenvalue weighted by atomic mass is 79.9. The van der Waals surface area contributed by atoms with E-state index in [9.17, 15) is 8.42 Å². The van der Waals surface area contributed by atoms with E-state index in [1.807, 2.05) is 13.0 Å². The minimum absolute atomic E-state index is 0.165. The molecule has 0 aromatic heterocycles. The van der Waals surface area contributed by atoms with Gasteiger partial charge in [0.05, 0.1) is 18.1 Å². The Kier molecular flexibility index (Phi) is 6.62. The van der Waals surface area contributed by atoms with Crippen LogP contribution < -0.4 is 4.72 Å². The normalized spacial score (nSPS) is 18.3. The predicted molar refractivity (Wildman–Crippen MR) is 95.1 cm³/mol. The molecule has 0 saturated carbocycles. The molecule has 1 atom stereocenters. The maximum Gasteiger partial charge on any atom is 0.241 e. The number of halogens is 1. The number of hydrogen-bond donors (Lipinski definition) is 1. The second-order valence-electron chi connectivity index (χ2n) is 6.25. The van der Waals surface area contributed by atoms with Gasteiger partial charge in [-0.2, -0.15) is 0 Å². The van der Waals surface area contributed by atoms with Crippen LogP contribution in [0.2, 0.25) is 0 Å². The van der Waals surface area contributed by atoms with Crippen LogP contribution in [0.5, 0.6) is 0 Å². The molecule has 1 heterocycles. The van der Waals surface area contributed by atoms with Crippen LogP contribution in [-0.4, -0.2) is 52.2 Å². The Bertz CT molecular complexity index is 628. The Morgan fingerprint density at radius 1 is 1.30 bits per heavy atom. The highest BCUT2D eigenvalue weighted by Crippen LogP contribution is 2.23. The van der Waals surface area contributed by atoms with Crippen molar-refractivity contribution in [2.45, 2.75) is 31.7 Å². The second-order valence-corrected chi connectivity index (χ2v) is 8.84. The van der Waals surface area contributed by atoms with Gasteiger partial charge in [0, 0.05) is 30.1 Å². The van der Waals surface area contributed by atoms with Crippen molar-refractivity contribution in [3.63, 3.8) is 0 Å². The average Bonchev–Trinajstić information content (AvgIpc) is 2.47. The standard InChI is InChI=1S/C16H25BrN2O3S/c1-12(2)15(19-6-8-22-9-7-19)11-18-23(20,21)16-5-4-13(3)10-14(16)17/h4-5,10,12,15,18H,6-9,11H2,1-3H3. The maximum atomic E-state index is 12.6. The summed E-state index contributed by atoms with van der Waals surface area (Å²) in [7, 11) is -3.53. The lowest BCUT2D eigenvalue weighted by Crippen LogP contribution is -2.51. The van der Waals surface area contributed by atoms with Crippen molar-refractivity contribution in [1.82, 2.24) is 9.62 Å². The van der Waals surface area contributed by atoms with Crippen LogP contribution >= 0.6 is 15.9 Å². The Morgan fingerprint density at radius 2 is 1.96 bits per heavy atom. The quantitative estimate of drug-likeness (QED) is 0.790. The molecular formula is C16H25BrN2O3S. The predicted octanol–water partition coefficient (Wildman–Crippen LogP) is 2.39. The molecule has 23 heavy (non-hydrogen) atoms. The Labute approximate surface area is 147 Å². The third-order valence-corrected chi connectivity index (χ3v) is 6.54. The number of nitrogens with zero attached hydrogens (tertiary/aromatic N) is 1. The molecule has 0 spiro atoms. The van der Waals surface area contributed by atoms with E-state index in [2.05, 4.69) is 39.4 Å². The molecule has 1 aromatic rings. The van der Waals surface area contributed by atoms with Crippen LogP contribution in [0.25, 0.3) is 0 Å². The third-order valence-electron chi connectivity index (χ3n) is 4.14. The molecule has 1 N–H and O–H groups in total. The van der Waals surface area contributed by atoms with E-state index in [4.69, 9.17) is 4.74 Å². The molecule has 7 heteroatoms. The number of rotatable bonds is 6. The van der Waals surface area contributed by atoms with Crippen molar-refractivity contribution >= 4 is 26.0 Å². The Hall–Kier alpha value is -0.470. The minimum atomic E-state index is -3.53. The molecule has 130 valence electrons. The molecule has 0 amide bonds. The number of ether oxygens (including phenoxy) is 1. The Balaban J connectivity index is 2.09. The fourth-order valence-corrected chi connectivity index (χ4v) is 5.03. The summed E-state index contributed by atoms with van der Waals surface area (Å²) in [4.78, 5) is 2.59. The van der Waals surface area contributed by atoms with E-state index in [0.717, 1.165) is 18.7 Å². The fraction of sp³-hybridized carbons (Fsp3) is 0.625. The van der Waals surface area contributed by atoms with Crippen LogP contribution in [0.15, 0.2) is 27.6 Å². The first-order valence-electron chi connectivity index (χ1n) is 7.89. The first-order chi connectivity index (χ1) is 10.8. The van der Waals surface area contributed by atoms with Gasteiger partial charge >= 0.3 is 0 Å². The van der Waals surface area contributed by atoms with Crippen LogP contribution in [0, 0.1) is 12.8 Å². The van der Waals surface area contributed by atoms with Crippen LogP contribution in [-0.2, 0) is 14.8 Å². The largest absolute Gasteiger partial charge is 0.379 e. The molecule has 1 saturated heterocycles. The molecule has 0 bridgehead atoms. The summed E-state index contributed by atoms with van der Waals surface area (Å²) in [6.07, 6.45) is 0. The van der Waals surface area contributed by atoms with Gasteiger partial charge < -0.3 is 4.74 Å². The van der Waals surface area contributed by atoms with E-state index in [0.29, 0.717) is 30.1 Å². The van der Waals surface area contributed by atoms with Crippen LogP contribution in [0.4, 0.5) is 0 Å². The van der Waals surface area contributed by atoms with Crippen molar-refractivity contribution in [3.8, 4) is 0 Å². The highest BCUT2D eigenvalue weighted by molar-refractivity contribution is 9.10. The minimum Gasteiger partial charge on any atom is -0.379 e. The van der Waals surface area contributed by atoms with Gasteiger partial charge in [-0.15, -0.1) is 0 Å². The second kappa shape index (κ2) is 8.07. The number of hydrogen-bond acceptors (Lipinski definition) is 4. The number of sulfonamides is 1. The smallest absolute Gasteiger partial charge is 0.241 e. The van der Waals surface area contributed by atoms with Crippen molar-refractivity contribution in [1.29, 1.82) is 0 Å². The lowest BCUT2D eigenvalue weighted by Gasteiger charge is -2.36. The first-order valence-corrected chi connectivity index (χ1v) is 10.2. The number of morpholine rings is 1. The third kappa shape index (κ3) is 5.00. The van der Waals surface area contributed by atoms with Gasteiger partial charge in [0.15, 0.2) is 0 Å². The van der Waals surface area contributed by atoms with Gasteiger partial charge in [-0.25, -0.2) is 13.1 Å². The summed E-state index contributed by atoms with van der Waals surface area (Å²) in [6.45, 7) is 9.69.